The van der Waals surface area contributed by atoms with Crippen molar-refractivity contribution >= 4 is 11.5 Å². The highest BCUT2D eigenvalue weighted by Gasteiger charge is 2.36. The van der Waals surface area contributed by atoms with Crippen molar-refractivity contribution in [1.29, 1.82) is 5.26 Å². The first-order valence-corrected chi connectivity index (χ1v) is 12.0. The van der Waals surface area contributed by atoms with E-state index in [1.165, 1.54) is 46.9 Å². The number of pyridine rings is 2. The average molecular weight is 520 g/mol. The molecule has 2 N–H and O–H groups in total. The molecule has 0 unspecified atom stereocenters. The first-order valence-electron chi connectivity index (χ1n) is 12.0. The van der Waals surface area contributed by atoms with Crippen LogP contribution in [0.25, 0.3) is 28.2 Å². The predicted molar refractivity (Wildman–Crippen MR) is 138 cm³/mol. The Morgan fingerprint density at radius 3 is 2.50 bits per heavy atom. The number of rotatable bonds is 4. The first kappa shape index (κ1) is 25.1. The van der Waals surface area contributed by atoms with Gasteiger partial charge in [-0.15, -0.1) is 0 Å². The molecule has 38 heavy (non-hydrogen) atoms. The van der Waals surface area contributed by atoms with Crippen LogP contribution in [0.3, 0.4) is 0 Å². The average Bonchev–Trinajstić information content (AvgIpc) is 3.22. The highest BCUT2D eigenvalue weighted by atomic mass is 19.4. The normalized spacial score (nSPS) is 13.9. The topological polar surface area (TPSA) is 106 Å². The summed E-state index contributed by atoms with van der Waals surface area (Å²) < 4.78 is 45.1. The molecule has 0 aliphatic carbocycles. The Hall–Kier alpha value is -4.59. The molecule has 0 atom stereocenters. The van der Waals surface area contributed by atoms with Crippen LogP contribution in [0.1, 0.15) is 30.4 Å². The zero-order valence-corrected chi connectivity index (χ0v) is 20.5. The molecule has 5 rings (SSSR count). The number of halogens is 3. The Kier molecular flexibility index (Phi) is 6.40. The van der Waals surface area contributed by atoms with Crippen LogP contribution < -0.4 is 16.3 Å². The van der Waals surface area contributed by atoms with Gasteiger partial charge in [0.1, 0.15) is 11.9 Å². The summed E-state index contributed by atoms with van der Waals surface area (Å²) in [5.74, 6) is 0.107. The quantitative estimate of drug-likeness (QED) is 0.417. The zero-order valence-electron chi connectivity index (χ0n) is 20.5. The van der Waals surface area contributed by atoms with Gasteiger partial charge < -0.3 is 15.2 Å². The second-order valence-corrected chi connectivity index (χ2v) is 9.19. The number of nitrogen functional groups attached to an aromatic ring is 1. The molecule has 0 amide bonds. The van der Waals surface area contributed by atoms with E-state index in [9.17, 15) is 23.2 Å². The van der Waals surface area contributed by atoms with E-state index in [-0.39, 0.29) is 22.8 Å². The van der Waals surface area contributed by atoms with Crippen molar-refractivity contribution in [3.63, 3.8) is 0 Å². The molecule has 0 spiro atoms. The van der Waals surface area contributed by atoms with Crippen molar-refractivity contribution in [2.75, 3.05) is 23.7 Å². The van der Waals surface area contributed by atoms with E-state index in [0.29, 0.717) is 35.6 Å². The number of imidazole rings is 1. The molecule has 0 radical (unpaired) electrons. The van der Waals surface area contributed by atoms with Crippen molar-refractivity contribution in [1.82, 2.24) is 19.1 Å². The largest absolute Gasteiger partial charge is 0.418 e. The molecule has 1 aliphatic rings. The summed E-state index contributed by atoms with van der Waals surface area (Å²) in [6, 6.07) is 11.0. The molecule has 1 fully saturated rings. The van der Waals surface area contributed by atoms with Crippen LogP contribution in [0.5, 0.6) is 0 Å². The Bertz CT molecular complexity index is 1610. The van der Waals surface area contributed by atoms with Gasteiger partial charge in [-0.25, -0.2) is 9.78 Å². The monoisotopic (exact) mass is 519 g/mol. The molecule has 4 heterocycles. The van der Waals surface area contributed by atoms with Crippen molar-refractivity contribution < 1.29 is 13.2 Å². The van der Waals surface area contributed by atoms with E-state index < -0.39 is 17.4 Å². The van der Waals surface area contributed by atoms with Gasteiger partial charge in [0.2, 0.25) is 0 Å². The molecule has 1 aliphatic heterocycles. The van der Waals surface area contributed by atoms with Crippen LogP contribution >= 0.6 is 0 Å². The van der Waals surface area contributed by atoms with Gasteiger partial charge in [-0.3, -0.25) is 9.55 Å². The Morgan fingerprint density at radius 2 is 1.79 bits per heavy atom. The van der Waals surface area contributed by atoms with Gasteiger partial charge in [-0.2, -0.15) is 18.4 Å². The number of nitrogens with zero attached hydrogens (tertiary/aromatic N) is 6. The number of hydrogen-bond donors (Lipinski definition) is 1. The Morgan fingerprint density at radius 1 is 1.03 bits per heavy atom. The number of hydrogen-bond acceptors (Lipinski definition) is 6. The van der Waals surface area contributed by atoms with Gasteiger partial charge >= 0.3 is 11.9 Å². The molecule has 1 aromatic carbocycles. The SMILES string of the molecule is Cn1cc(-c2cc(-c3cnc(N)c(C#N)c3)ccn2)n(-c2ccc(N3CCCCC3)c(C(F)(F)F)c2)c1=O. The standard InChI is InChI=1S/C27H24F3N7O/c1-35-16-24(22-12-17(7-8-33-22)19-11-18(14-31)25(32)34-15-19)37(26(35)38)20-5-6-23(21(13-20)27(28,29)30)36-9-3-2-4-10-36/h5-8,11-13,15-16H,2-4,9-10H2,1H3,(H2,32,34). The van der Waals surface area contributed by atoms with Gasteiger partial charge in [0.25, 0.3) is 0 Å². The second-order valence-electron chi connectivity index (χ2n) is 9.19. The number of piperidine rings is 1. The maximum Gasteiger partial charge on any atom is 0.418 e. The summed E-state index contributed by atoms with van der Waals surface area (Å²) in [5, 5.41) is 9.29. The molecular weight excluding hydrogens is 495 g/mol. The number of nitrogens with two attached hydrogens (primary N) is 1. The molecule has 0 bridgehead atoms. The minimum absolute atomic E-state index is 0.0896. The third-order valence-corrected chi connectivity index (χ3v) is 6.69. The zero-order chi connectivity index (χ0) is 27.0. The molecule has 0 saturated carbocycles. The van der Waals surface area contributed by atoms with Crippen LogP contribution in [0.2, 0.25) is 0 Å². The summed E-state index contributed by atoms with van der Waals surface area (Å²) in [6.07, 6.45) is 2.64. The molecule has 1 saturated heterocycles. The van der Waals surface area contributed by atoms with E-state index in [4.69, 9.17) is 5.73 Å². The number of nitriles is 1. The Labute approximate surface area is 216 Å². The van der Waals surface area contributed by atoms with Crippen molar-refractivity contribution in [3.05, 3.63) is 76.6 Å². The molecular formula is C27H24F3N7O. The van der Waals surface area contributed by atoms with E-state index in [0.717, 1.165) is 25.3 Å². The molecule has 11 heteroatoms. The summed E-state index contributed by atoms with van der Waals surface area (Å²) in [5.41, 5.74) is 6.81. The number of benzene rings is 1. The second kappa shape index (κ2) is 9.70. The third-order valence-electron chi connectivity index (χ3n) is 6.69. The van der Waals surface area contributed by atoms with Crippen LogP contribution in [0, 0.1) is 11.3 Å². The third kappa shape index (κ3) is 4.61. The lowest BCUT2D eigenvalue weighted by atomic mass is 10.0. The van der Waals surface area contributed by atoms with Crippen molar-refractivity contribution in [2.24, 2.45) is 7.05 Å². The molecule has 4 aromatic rings. The van der Waals surface area contributed by atoms with Crippen LogP contribution in [-0.2, 0) is 13.2 Å². The number of alkyl halides is 3. The van der Waals surface area contributed by atoms with Gasteiger partial charge in [-0.1, -0.05) is 0 Å². The van der Waals surface area contributed by atoms with E-state index in [2.05, 4.69) is 9.97 Å². The predicted octanol–water partition coefficient (Wildman–Crippen LogP) is 4.76. The highest BCUT2D eigenvalue weighted by Crippen LogP contribution is 2.39. The number of anilines is 2. The minimum atomic E-state index is -4.60. The highest BCUT2D eigenvalue weighted by molar-refractivity contribution is 5.72. The summed E-state index contributed by atoms with van der Waals surface area (Å²) in [6.45, 7) is 1.12. The lowest BCUT2D eigenvalue weighted by molar-refractivity contribution is -0.137. The fraction of sp³-hybridized carbons (Fsp3) is 0.259. The minimum Gasteiger partial charge on any atom is -0.383 e. The molecule has 3 aromatic heterocycles. The summed E-state index contributed by atoms with van der Waals surface area (Å²) >= 11 is 0. The van der Waals surface area contributed by atoms with Crippen LogP contribution in [0.4, 0.5) is 24.7 Å². The number of aromatic nitrogens is 4. The van der Waals surface area contributed by atoms with Gasteiger partial charge in [0.15, 0.2) is 0 Å². The lowest BCUT2D eigenvalue weighted by Gasteiger charge is -2.31. The summed E-state index contributed by atoms with van der Waals surface area (Å²) in [4.78, 5) is 23.3. The van der Waals surface area contributed by atoms with Gasteiger partial charge in [0, 0.05) is 50.0 Å². The van der Waals surface area contributed by atoms with Crippen molar-refractivity contribution in [3.8, 4) is 34.3 Å². The van der Waals surface area contributed by atoms with E-state index in [1.807, 2.05) is 6.07 Å². The van der Waals surface area contributed by atoms with Crippen LogP contribution in [-0.4, -0.2) is 32.2 Å². The number of aryl methyl sites for hydroxylation is 1. The fourth-order valence-electron chi connectivity index (χ4n) is 4.76. The first-order chi connectivity index (χ1) is 18.2. The fourth-order valence-corrected chi connectivity index (χ4v) is 4.76. The van der Waals surface area contributed by atoms with E-state index in [1.54, 1.807) is 23.1 Å². The van der Waals surface area contributed by atoms with Gasteiger partial charge in [-0.05, 0) is 61.2 Å². The smallest absolute Gasteiger partial charge is 0.383 e. The molecule has 194 valence electrons. The van der Waals surface area contributed by atoms with Crippen molar-refractivity contribution in [2.45, 2.75) is 25.4 Å². The maximum atomic E-state index is 14.2. The summed E-state index contributed by atoms with van der Waals surface area (Å²) in [7, 11) is 1.53. The van der Waals surface area contributed by atoms with E-state index >= 15 is 0 Å². The maximum absolute atomic E-state index is 14.2. The van der Waals surface area contributed by atoms with Gasteiger partial charge in [0.05, 0.1) is 28.2 Å². The molecule has 8 nitrogen and oxygen atoms in total. The Balaban J connectivity index is 1.63. The van der Waals surface area contributed by atoms with Crippen LogP contribution in [0.15, 0.2) is 59.8 Å². The lowest BCUT2D eigenvalue weighted by Crippen LogP contribution is -2.31.